The average molecular weight is 431 g/mol. The predicted octanol–water partition coefficient (Wildman–Crippen LogP) is 2.65. The van der Waals surface area contributed by atoms with Crippen LogP contribution in [0.3, 0.4) is 0 Å². The molecule has 0 saturated carbocycles. The molecule has 4 rings (SSSR count). The van der Waals surface area contributed by atoms with Crippen LogP contribution in [0, 0.1) is 0 Å². The first-order valence-electron chi connectivity index (χ1n) is 11.2. The Kier molecular flexibility index (Phi) is 7.07. The lowest BCUT2D eigenvalue weighted by Gasteiger charge is -2.37. The maximum absolute atomic E-state index is 13.2. The number of nitrogens with one attached hydrogen (secondary N) is 1. The number of benzene rings is 3. The zero-order valence-electron chi connectivity index (χ0n) is 18.9. The Hall–Kier alpha value is -3.31. The van der Waals surface area contributed by atoms with E-state index in [1.165, 1.54) is 21.7 Å². The molecule has 32 heavy (non-hydrogen) atoms. The number of rotatable bonds is 7. The number of piperazine rings is 1. The van der Waals surface area contributed by atoms with E-state index in [1.54, 1.807) is 7.11 Å². The van der Waals surface area contributed by atoms with Crippen molar-refractivity contribution in [3.05, 3.63) is 96.1 Å². The maximum atomic E-state index is 13.2. The summed E-state index contributed by atoms with van der Waals surface area (Å²) in [7, 11) is 3.80. The molecule has 0 spiro atoms. The van der Waals surface area contributed by atoms with Crippen molar-refractivity contribution in [3.63, 3.8) is 0 Å². The lowest BCUT2D eigenvalue weighted by atomic mass is 9.97. The minimum atomic E-state index is 0.127. The van der Waals surface area contributed by atoms with Gasteiger partial charge in [0.25, 0.3) is 5.91 Å². The average Bonchev–Trinajstić information content (AvgIpc) is 2.85. The van der Waals surface area contributed by atoms with Gasteiger partial charge in [0.15, 0.2) is 6.54 Å². The standard InChI is InChI=1S/C27H31N3O2/c1-28(27(22-9-5-3-6-10-22)23-11-7-4-8-12-23)21-26(31)30-19-17-29(18-20-30)24-13-15-25(32-2)16-14-24/h3-16,27H,17-21H2,1-2H3/p+1. The third-order valence-electron chi connectivity index (χ3n) is 6.26. The Labute approximate surface area is 190 Å². The second kappa shape index (κ2) is 10.3. The van der Waals surface area contributed by atoms with Gasteiger partial charge < -0.3 is 19.4 Å². The summed E-state index contributed by atoms with van der Waals surface area (Å²) in [6.07, 6.45) is 0. The number of ether oxygens (including phenoxy) is 1. The molecule has 1 aliphatic heterocycles. The molecule has 5 nitrogen and oxygen atoms in total. The molecule has 3 aromatic carbocycles. The fourth-order valence-electron chi connectivity index (χ4n) is 4.51. The monoisotopic (exact) mass is 430 g/mol. The van der Waals surface area contributed by atoms with Crippen molar-refractivity contribution in [2.75, 3.05) is 51.8 Å². The van der Waals surface area contributed by atoms with Crippen LogP contribution in [0.1, 0.15) is 17.2 Å². The number of carbonyl (C=O) groups excluding carboxylic acids is 1. The number of amides is 1. The van der Waals surface area contributed by atoms with Gasteiger partial charge in [0.2, 0.25) is 0 Å². The highest BCUT2D eigenvalue weighted by atomic mass is 16.5. The molecule has 1 saturated heterocycles. The fraction of sp³-hybridized carbons (Fsp3) is 0.296. The molecular weight excluding hydrogens is 398 g/mol. The van der Waals surface area contributed by atoms with Gasteiger partial charge in [0.05, 0.1) is 14.2 Å². The van der Waals surface area contributed by atoms with Crippen molar-refractivity contribution in [2.24, 2.45) is 0 Å². The zero-order chi connectivity index (χ0) is 22.3. The summed E-state index contributed by atoms with van der Waals surface area (Å²) in [6, 6.07) is 29.2. The van der Waals surface area contributed by atoms with Gasteiger partial charge in [-0.2, -0.15) is 0 Å². The lowest BCUT2D eigenvalue weighted by molar-refractivity contribution is -0.898. The van der Waals surface area contributed by atoms with Gasteiger partial charge in [-0.15, -0.1) is 0 Å². The molecule has 1 heterocycles. The highest BCUT2D eigenvalue weighted by Crippen LogP contribution is 2.21. The van der Waals surface area contributed by atoms with E-state index in [4.69, 9.17) is 4.74 Å². The summed E-state index contributed by atoms with van der Waals surface area (Å²) in [5.41, 5.74) is 3.63. The van der Waals surface area contributed by atoms with Crippen LogP contribution in [0.5, 0.6) is 5.75 Å². The number of likely N-dealkylation sites (N-methyl/N-ethyl adjacent to an activating group) is 1. The summed E-state index contributed by atoms with van der Waals surface area (Å²) in [5, 5.41) is 0. The minimum Gasteiger partial charge on any atom is -0.497 e. The van der Waals surface area contributed by atoms with Gasteiger partial charge in [-0.25, -0.2) is 0 Å². The fourth-order valence-corrected chi connectivity index (χ4v) is 4.51. The van der Waals surface area contributed by atoms with Gasteiger partial charge in [0.1, 0.15) is 11.8 Å². The Morgan fingerprint density at radius 2 is 1.38 bits per heavy atom. The predicted molar refractivity (Wildman–Crippen MR) is 128 cm³/mol. The summed E-state index contributed by atoms with van der Waals surface area (Å²) >= 11 is 0. The van der Waals surface area contributed by atoms with Crippen molar-refractivity contribution in [2.45, 2.75) is 6.04 Å². The minimum absolute atomic E-state index is 0.127. The number of methoxy groups -OCH3 is 1. The second-order valence-corrected chi connectivity index (χ2v) is 8.34. The van der Waals surface area contributed by atoms with E-state index in [0.717, 1.165) is 31.9 Å². The third-order valence-corrected chi connectivity index (χ3v) is 6.26. The molecule has 0 radical (unpaired) electrons. The topological polar surface area (TPSA) is 37.2 Å². The Morgan fingerprint density at radius 3 is 1.88 bits per heavy atom. The van der Waals surface area contributed by atoms with Crippen LogP contribution >= 0.6 is 0 Å². The number of carbonyl (C=O) groups is 1. The highest BCUT2D eigenvalue weighted by molar-refractivity contribution is 5.77. The molecule has 0 aliphatic carbocycles. The first-order chi connectivity index (χ1) is 15.7. The van der Waals surface area contributed by atoms with Crippen molar-refractivity contribution in [1.82, 2.24) is 4.90 Å². The van der Waals surface area contributed by atoms with E-state index in [2.05, 4.69) is 72.6 Å². The Balaban J connectivity index is 1.39. The van der Waals surface area contributed by atoms with Crippen LogP contribution in [0.25, 0.3) is 0 Å². The van der Waals surface area contributed by atoms with Crippen LogP contribution in [-0.4, -0.2) is 57.7 Å². The second-order valence-electron chi connectivity index (χ2n) is 8.34. The van der Waals surface area contributed by atoms with Crippen molar-refractivity contribution in [3.8, 4) is 5.75 Å². The van der Waals surface area contributed by atoms with E-state index >= 15 is 0 Å². The summed E-state index contributed by atoms with van der Waals surface area (Å²) < 4.78 is 5.25. The van der Waals surface area contributed by atoms with E-state index in [-0.39, 0.29) is 11.9 Å². The molecule has 1 amide bonds. The largest absolute Gasteiger partial charge is 0.497 e. The van der Waals surface area contributed by atoms with E-state index in [9.17, 15) is 4.79 Å². The number of anilines is 1. The van der Waals surface area contributed by atoms with Crippen molar-refractivity contribution in [1.29, 1.82) is 0 Å². The van der Waals surface area contributed by atoms with E-state index < -0.39 is 0 Å². The number of hydrogen-bond donors (Lipinski definition) is 1. The molecule has 5 heteroatoms. The highest BCUT2D eigenvalue weighted by Gasteiger charge is 2.28. The number of nitrogens with zero attached hydrogens (tertiary/aromatic N) is 2. The summed E-state index contributed by atoms with van der Waals surface area (Å²) in [5.74, 6) is 1.08. The smallest absolute Gasteiger partial charge is 0.277 e. The molecule has 1 N–H and O–H groups in total. The molecule has 0 bridgehead atoms. The van der Waals surface area contributed by atoms with Crippen LogP contribution in [0.15, 0.2) is 84.9 Å². The van der Waals surface area contributed by atoms with Gasteiger partial charge in [-0.05, 0) is 24.3 Å². The lowest BCUT2D eigenvalue weighted by Crippen LogP contribution is -3.10. The van der Waals surface area contributed by atoms with Gasteiger partial charge in [-0.3, -0.25) is 4.79 Å². The summed E-state index contributed by atoms with van der Waals surface area (Å²) in [4.78, 5) is 18.7. The van der Waals surface area contributed by atoms with Gasteiger partial charge in [0, 0.05) is 43.0 Å². The molecule has 1 atom stereocenters. The quantitative estimate of drug-likeness (QED) is 0.626. The van der Waals surface area contributed by atoms with E-state index in [0.29, 0.717) is 6.54 Å². The van der Waals surface area contributed by atoms with Crippen molar-refractivity contribution >= 4 is 11.6 Å². The van der Waals surface area contributed by atoms with E-state index in [1.807, 2.05) is 29.2 Å². The third kappa shape index (κ3) is 5.11. The van der Waals surface area contributed by atoms with Crippen LogP contribution in [-0.2, 0) is 4.79 Å². The molecule has 166 valence electrons. The first-order valence-corrected chi connectivity index (χ1v) is 11.2. The Bertz CT molecular complexity index is 945. The summed E-state index contributed by atoms with van der Waals surface area (Å²) in [6.45, 7) is 3.66. The molecule has 3 aromatic rings. The SMILES string of the molecule is COc1ccc(N2CCN(C(=O)C[NH+](C)C(c3ccccc3)c3ccccc3)CC2)cc1. The van der Waals surface area contributed by atoms with Gasteiger partial charge >= 0.3 is 0 Å². The Morgan fingerprint density at radius 1 is 0.844 bits per heavy atom. The number of hydrogen-bond acceptors (Lipinski definition) is 3. The van der Waals surface area contributed by atoms with Gasteiger partial charge in [-0.1, -0.05) is 60.7 Å². The first kappa shape index (κ1) is 21.9. The molecule has 1 aliphatic rings. The molecule has 1 fully saturated rings. The molecule has 0 aromatic heterocycles. The van der Waals surface area contributed by atoms with Crippen LogP contribution < -0.4 is 14.5 Å². The number of quaternary nitrogens is 1. The van der Waals surface area contributed by atoms with Crippen LogP contribution in [0.4, 0.5) is 5.69 Å². The van der Waals surface area contributed by atoms with Crippen LogP contribution in [0.2, 0.25) is 0 Å². The molecular formula is C27H32N3O2+. The maximum Gasteiger partial charge on any atom is 0.277 e. The molecule has 1 unspecified atom stereocenters. The zero-order valence-corrected chi connectivity index (χ0v) is 18.9. The normalized spacial score (nSPS) is 15.0. The van der Waals surface area contributed by atoms with Crippen molar-refractivity contribution < 1.29 is 14.4 Å².